The van der Waals surface area contributed by atoms with E-state index in [4.69, 9.17) is 32.5 Å². The average Bonchev–Trinajstić information content (AvgIpc) is 3.26. The minimum Gasteiger partial charge on any atom is -0.487 e. The zero-order chi connectivity index (χ0) is 26.7. The Balaban J connectivity index is 1.54. The molecule has 0 amide bonds. The van der Waals surface area contributed by atoms with Gasteiger partial charge in [0.25, 0.3) is 0 Å². The first kappa shape index (κ1) is 26.4. The monoisotopic (exact) mass is 538 g/mol. The van der Waals surface area contributed by atoms with Crippen LogP contribution in [-0.4, -0.2) is 27.0 Å². The van der Waals surface area contributed by atoms with E-state index in [-0.39, 0.29) is 30.3 Å². The number of benzene rings is 2. The lowest BCUT2D eigenvalue weighted by Crippen LogP contribution is -2.09. The highest BCUT2D eigenvalue weighted by Crippen LogP contribution is 2.38. The lowest BCUT2D eigenvalue weighted by atomic mass is 10.0. The molecule has 2 aromatic heterocycles. The van der Waals surface area contributed by atoms with Crippen molar-refractivity contribution in [1.82, 2.24) is 10.1 Å². The van der Waals surface area contributed by atoms with Crippen LogP contribution in [0.2, 0.25) is 10.0 Å². The Hall–Kier alpha value is -3.68. The van der Waals surface area contributed by atoms with Crippen molar-refractivity contribution in [2.24, 2.45) is 0 Å². The van der Waals surface area contributed by atoms with Gasteiger partial charge >= 0.3 is 5.97 Å². The average molecular weight is 539 g/mol. The number of Topliss-reactive ketones (excluding diaryl/α,β-unsaturated/α-hetero) is 1. The summed E-state index contributed by atoms with van der Waals surface area (Å²) in [4.78, 5) is 28.4. The van der Waals surface area contributed by atoms with E-state index in [9.17, 15) is 14.7 Å². The highest BCUT2D eigenvalue weighted by Gasteiger charge is 2.24. The van der Waals surface area contributed by atoms with Gasteiger partial charge in [-0.25, -0.2) is 9.78 Å². The SMILES string of the molecule is Cc1cc(OCc2c(-c3c(Cl)cccc3Cl)noc2C(C)C)cnc1C(=O)Cc1cccc(C(=O)O)c1. The van der Waals surface area contributed by atoms with E-state index in [1.54, 1.807) is 43.3 Å². The van der Waals surface area contributed by atoms with Gasteiger partial charge in [0.15, 0.2) is 5.78 Å². The molecule has 1 N–H and O–H groups in total. The van der Waals surface area contributed by atoms with Crippen molar-refractivity contribution in [3.8, 4) is 17.0 Å². The van der Waals surface area contributed by atoms with Crippen LogP contribution < -0.4 is 4.74 Å². The first-order valence-corrected chi connectivity index (χ1v) is 12.3. The van der Waals surface area contributed by atoms with Crippen molar-refractivity contribution in [3.63, 3.8) is 0 Å². The van der Waals surface area contributed by atoms with Gasteiger partial charge in [-0.2, -0.15) is 0 Å². The molecule has 0 unspecified atom stereocenters. The van der Waals surface area contributed by atoms with Gasteiger partial charge in [0.2, 0.25) is 0 Å². The fraction of sp³-hybridized carbons (Fsp3) is 0.214. The van der Waals surface area contributed by atoms with Gasteiger partial charge in [-0.3, -0.25) is 4.79 Å². The number of carbonyl (C=O) groups excluding carboxylic acids is 1. The van der Waals surface area contributed by atoms with Gasteiger partial charge in [-0.15, -0.1) is 0 Å². The minimum absolute atomic E-state index is 0.0373. The molecule has 0 fully saturated rings. The van der Waals surface area contributed by atoms with Crippen molar-refractivity contribution in [3.05, 3.63) is 98.5 Å². The third-order valence-corrected chi connectivity index (χ3v) is 6.41. The molecule has 37 heavy (non-hydrogen) atoms. The number of aryl methyl sites for hydroxylation is 1. The van der Waals surface area contributed by atoms with Crippen LogP contribution in [0.1, 0.15) is 63.1 Å². The number of hydrogen-bond donors (Lipinski definition) is 1. The maximum Gasteiger partial charge on any atom is 0.335 e. The molecule has 2 aromatic carbocycles. The standard InChI is InChI=1S/C28H24Cl2N2O5/c1-15(2)27-20(26(32-37-27)24-21(29)8-5-9-22(24)30)14-36-19-10-16(3)25(31-13-19)23(33)12-17-6-4-7-18(11-17)28(34)35/h4-11,13,15H,12,14H2,1-3H3,(H,34,35). The number of halogens is 2. The summed E-state index contributed by atoms with van der Waals surface area (Å²) in [6.07, 6.45) is 1.52. The van der Waals surface area contributed by atoms with Gasteiger partial charge in [0, 0.05) is 17.9 Å². The van der Waals surface area contributed by atoms with Gasteiger partial charge in [0.05, 0.1) is 27.4 Å². The van der Waals surface area contributed by atoms with Crippen molar-refractivity contribution in [2.75, 3.05) is 0 Å². The van der Waals surface area contributed by atoms with E-state index in [2.05, 4.69) is 10.1 Å². The number of carboxylic acid groups (broad SMARTS) is 1. The first-order valence-electron chi connectivity index (χ1n) is 11.5. The van der Waals surface area contributed by atoms with Crippen LogP contribution in [-0.2, 0) is 13.0 Å². The Bertz CT molecular complexity index is 1460. The van der Waals surface area contributed by atoms with Crippen molar-refractivity contribution >= 4 is 35.0 Å². The first-order chi connectivity index (χ1) is 17.7. The largest absolute Gasteiger partial charge is 0.487 e. The summed E-state index contributed by atoms with van der Waals surface area (Å²) in [6.45, 7) is 5.87. The molecule has 0 spiro atoms. The summed E-state index contributed by atoms with van der Waals surface area (Å²) in [5.41, 5.74) is 3.48. The van der Waals surface area contributed by atoms with Crippen LogP contribution in [0.3, 0.4) is 0 Å². The van der Waals surface area contributed by atoms with Crippen LogP contribution in [0, 0.1) is 6.92 Å². The molecule has 0 radical (unpaired) electrons. The molecule has 0 aliphatic heterocycles. The Morgan fingerprint density at radius 3 is 2.43 bits per heavy atom. The summed E-state index contributed by atoms with van der Waals surface area (Å²) in [5.74, 6) is -0.0948. The van der Waals surface area contributed by atoms with Crippen molar-refractivity contribution in [1.29, 1.82) is 0 Å². The molecule has 0 saturated heterocycles. The molecule has 7 nitrogen and oxygen atoms in total. The van der Waals surface area contributed by atoms with Gasteiger partial charge in [-0.1, -0.05) is 60.4 Å². The third kappa shape index (κ3) is 5.84. The second-order valence-corrected chi connectivity index (χ2v) is 9.67. The van der Waals surface area contributed by atoms with Crippen LogP contribution in [0.5, 0.6) is 5.75 Å². The van der Waals surface area contributed by atoms with Crippen LogP contribution in [0.25, 0.3) is 11.3 Å². The predicted molar refractivity (Wildman–Crippen MR) is 141 cm³/mol. The van der Waals surface area contributed by atoms with E-state index in [0.717, 1.165) is 5.56 Å². The fourth-order valence-corrected chi connectivity index (χ4v) is 4.57. The number of hydrogen-bond acceptors (Lipinski definition) is 6. The minimum atomic E-state index is -1.04. The number of aromatic carboxylic acids is 1. The Morgan fingerprint density at radius 1 is 1.08 bits per heavy atom. The number of rotatable bonds is 9. The molecule has 4 rings (SSSR count). The Kier molecular flexibility index (Phi) is 7.95. The molecular weight excluding hydrogens is 515 g/mol. The van der Waals surface area contributed by atoms with Crippen LogP contribution in [0.15, 0.2) is 59.3 Å². The summed E-state index contributed by atoms with van der Waals surface area (Å²) in [5, 5.41) is 14.3. The van der Waals surface area contributed by atoms with E-state index in [1.807, 2.05) is 13.8 Å². The number of ether oxygens (including phenoxy) is 1. The molecular formula is C28H24Cl2N2O5. The van der Waals surface area contributed by atoms with E-state index >= 15 is 0 Å². The maximum absolute atomic E-state index is 12.9. The Morgan fingerprint density at radius 2 is 1.78 bits per heavy atom. The quantitative estimate of drug-likeness (QED) is 0.225. The van der Waals surface area contributed by atoms with Crippen molar-refractivity contribution < 1.29 is 24.0 Å². The molecule has 4 aromatic rings. The number of aromatic nitrogens is 2. The number of carbonyl (C=O) groups is 2. The van der Waals surface area contributed by atoms with E-state index < -0.39 is 5.97 Å². The van der Waals surface area contributed by atoms with Crippen LogP contribution >= 0.6 is 23.2 Å². The van der Waals surface area contributed by atoms with E-state index in [0.29, 0.717) is 49.6 Å². The molecule has 0 bridgehead atoms. The molecule has 190 valence electrons. The maximum atomic E-state index is 12.9. The normalized spacial score (nSPS) is 11.1. The summed E-state index contributed by atoms with van der Waals surface area (Å²) >= 11 is 12.8. The number of pyridine rings is 1. The molecule has 0 atom stereocenters. The molecule has 0 aliphatic rings. The number of ketones is 1. The highest BCUT2D eigenvalue weighted by atomic mass is 35.5. The lowest BCUT2D eigenvalue weighted by molar-refractivity contribution is 0.0696. The number of carboxylic acids is 1. The Labute approximate surface area is 224 Å². The van der Waals surface area contributed by atoms with Crippen LogP contribution in [0.4, 0.5) is 0 Å². The molecule has 9 heteroatoms. The van der Waals surface area contributed by atoms with Gasteiger partial charge in [0.1, 0.15) is 29.5 Å². The second kappa shape index (κ2) is 11.2. The smallest absolute Gasteiger partial charge is 0.335 e. The molecule has 0 aliphatic carbocycles. The van der Waals surface area contributed by atoms with E-state index in [1.165, 1.54) is 18.3 Å². The topological polar surface area (TPSA) is 103 Å². The zero-order valence-corrected chi connectivity index (χ0v) is 21.9. The second-order valence-electron chi connectivity index (χ2n) is 8.86. The van der Waals surface area contributed by atoms with Gasteiger partial charge in [-0.05, 0) is 48.4 Å². The highest BCUT2D eigenvalue weighted by molar-refractivity contribution is 6.39. The summed E-state index contributed by atoms with van der Waals surface area (Å²) in [6, 6.07) is 13.3. The molecule has 2 heterocycles. The molecule has 0 saturated carbocycles. The van der Waals surface area contributed by atoms with Crippen molar-refractivity contribution in [2.45, 2.75) is 39.7 Å². The number of nitrogens with zero attached hydrogens (tertiary/aromatic N) is 2. The fourth-order valence-electron chi connectivity index (χ4n) is 3.99. The van der Waals surface area contributed by atoms with Gasteiger partial charge < -0.3 is 14.4 Å². The predicted octanol–water partition coefficient (Wildman–Crippen LogP) is 7.18. The lowest BCUT2D eigenvalue weighted by Gasteiger charge is -2.12. The zero-order valence-electron chi connectivity index (χ0n) is 20.4. The summed E-state index contributed by atoms with van der Waals surface area (Å²) in [7, 11) is 0. The summed E-state index contributed by atoms with van der Waals surface area (Å²) < 4.78 is 11.7. The third-order valence-electron chi connectivity index (χ3n) is 5.78.